The Morgan fingerprint density at radius 2 is 1.95 bits per heavy atom. The molecule has 0 spiro atoms. The van der Waals surface area contributed by atoms with Crippen LogP contribution in [0.15, 0.2) is 34.4 Å². The van der Waals surface area contributed by atoms with Crippen LogP contribution in [0.2, 0.25) is 0 Å². The van der Waals surface area contributed by atoms with Crippen molar-refractivity contribution in [2.45, 2.75) is 43.7 Å². The van der Waals surface area contributed by atoms with Gasteiger partial charge in [0.05, 0.1) is 4.90 Å². The second kappa shape index (κ2) is 5.88. The van der Waals surface area contributed by atoms with Crippen molar-refractivity contribution in [3.63, 3.8) is 0 Å². The van der Waals surface area contributed by atoms with Gasteiger partial charge < -0.3 is 0 Å². The number of nitrogens with zero attached hydrogens (tertiary/aromatic N) is 2. The SMILES string of the molecule is Cc1ccc(S(=O)(=O)N2CCC(NN=O)CC2C)cc1. The standard InChI is InChI=1S/C13H19N3O3S/c1-10-3-5-13(6-4-10)20(18,19)16-8-7-12(14-15-17)9-11(16)2/h3-6,11-12H,7-9H2,1-2H3,(H,14,17). The number of rotatable bonds is 4. The Balaban J connectivity index is 2.18. The largest absolute Gasteiger partial charge is 0.271 e. The third-order valence-electron chi connectivity index (χ3n) is 3.68. The molecule has 1 saturated heterocycles. The molecule has 1 aromatic carbocycles. The van der Waals surface area contributed by atoms with E-state index in [0.29, 0.717) is 24.3 Å². The summed E-state index contributed by atoms with van der Waals surface area (Å²) in [6, 6.07) is 6.65. The highest BCUT2D eigenvalue weighted by atomic mass is 32.2. The summed E-state index contributed by atoms with van der Waals surface area (Å²) in [5, 5.41) is 2.68. The van der Waals surface area contributed by atoms with Crippen molar-refractivity contribution in [1.82, 2.24) is 9.73 Å². The minimum Gasteiger partial charge on any atom is -0.271 e. The van der Waals surface area contributed by atoms with Crippen LogP contribution in [-0.4, -0.2) is 31.4 Å². The lowest BCUT2D eigenvalue weighted by Crippen LogP contribution is -2.48. The summed E-state index contributed by atoms with van der Waals surface area (Å²) in [6.45, 7) is 4.16. The van der Waals surface area contributed by atoms with Crippen LogP contribution in [0.25, 0.3) is 0 Å². The molecular weight excluding hydrogens is 278 g/mol. The van der Waals surface area contributed by atoms with Crippen molar-refractivity contribution in [3.05, 3.63) is 34.7 Å². The van der Waals surface area contributed by atoms with Crippen LogP contribution in [0.1, 0.15) is 25.3 Å². The average Bonchev–Trinajstić information content (AvgIpc) is 2.39. The van der Waals surface area contributed by atoms with Crippen molar-refractivity contribution >= 4 is 10.0 Å². The molecule has 1 N–H and O–H groups in total. The predicted molar refractivity (Wildman–Crippen MR) is 76.5 cm³/mol. The third-order valence-corrected chi connectivity index (χ3v) is 5.71. The number of piperidine rings is 1. The first-order valence-electron chi connectivity index (χ1n) is 6.61. The molecule has 1 fully saturated rings. The molecule has 0 aliphatic carbocycles. The molecule has 1 aromatic rings. The van der Waals surface area contributed by atoms with E-state index in [1.807, 2.05) is 13.8 Å². The van der Waals surface area contributed by atoms with Crippen LogP contribution in [0.4, 0.5) is 0 Å². The monoisotopic (exact) mass is 297 g/mol. The van der Waals surface area contributed by atoms with E-state index in [0.717, 1.165) is 5.56 Å². The zero-order chi connectivity index (χ0) is 14.8. The summed E-state index contributed by atoms with van der Waals surface area (Å²) in [5.41, 5.74) is 3.51. The molecular formula is C13H19N3O3S. The summed E-state index contributed by atoms with van der Waals surface area (Å²) < 4.78 is 26.7. The van der Waals surface area contributed by atoms with Gasteiger partial charge in [0.25, 0.3) is 0 Å². The van der Waals surface area contributed by atoms with Crippen LogP contribution in [0.3, 0.4) is 0 Å². The first-order chi connectivity index (χ1) is 9.45. The molecule has 1 aliphatic heterocycles. The summed E-state index contributed by atoms with van der Waals surface area (Å²) >= 11 is 0. The number of aryl methyl sites for hydroxylation is 1. The quantitative estimate of drug-likeness (QED) is 0.679. The van der Waals surface area contributed by atoms with Crippen molar-refractivity contribution < 1.29 is 8.42 Å². The van der Waals surface area contributed by atoms with E-state index in [1.165, 1.54) is 4.31 Å². The van der Waals surface area contributed by atoms with Gasteiger partial charge in [-0.25, -0.2) is 8.42 Å². The van der Waals surface area contributed by atoms with Gasteiger partial charge in [0.15, 0.2) is 0 Å². The summed E-state index contributed by atoms with van der Waals surface area (Å²) in [5.74, 6) is 0. The Morgan fingerprint density at radius 1 is 1.30 bits per heavy atom. The number of hydrogen-bond acceptors (Lipinski definition) is 4. The molecule has 20 heavy (non-hydrogen) atoms. The molecule has 1 heterocycles. The molecule has 0 radical (unpaired) electrons. The van der Waals surface area contributed by atoms with Crippen LogP contribution in [0.5, 0.6) is 0 Å². The number of benzene rings is 1. The number of sulfonamides is 1. The number of nitroso groups, excluding NO2 is 1. The average molecular weight is 297 g/mol. The van der Waals surface area contributed by atoms with Crippen molar-refractivity contribution in [1.29, 1.82) is 0 Å². The Morgan fingerprint density at radius 3 is 2.50 bits per heavy atom. The lowest BCUT2D eigenvalue weighted by atomic mass is 10.0. The molecule has 2 rings (SSSR count). The highest BCUT2D eigenvalue weighted by molar-refractivity contribution is 7.89. The number of hydrogen-bond donors (Lipinski definition) is 1. The second-order valence-electron chi connectivity index (χ2n) is 5.22. The molecule has 0 amide bonds. The predicted octanol–water partition coefficient (Wildman–Crippen LogP) is 1.81. The number of nitrogens with one attached hydrogen (secondary N) is 1. The Kier molecular flexibility index (Phi) is 4.39. The van der Waals surface area contributed by atoms with Crippen LogP contribution < -0.4 is 5.43 Å². The second-order valence-corrected chi connectivity index (χ2v) is 7.11. The van der Waals surface area contributed by atoms with E-state index < -0.39 is 10.0 Å². The smallest absolute Gasteiger partial charge is 0.243 e. The molecule has 1 aliphatic rings. The molecule has 6 nitrogen and oxygen atoms in total. The maximum atomic E-state index is 12.6. The topological polar surface area (TPSA) is 78.8 Å². The first-order valence-corrected chi connectivity index (χ1v) is 8.05. The maximum Gasteiger partial charge on any atom is 0.243 e. The van der Waals surface area contributed by atoms with Gasteiger partial charge in [-0.15, -0.1) is 4.91 Å². The van der Waals surface area contributed by atoms with Crippen molar-refractivity contribution in [2.75, 3.05) is 6.54 Å². The van der Waals surface area contributed by atoms with Crippen molar-refractivity contribution in [3.8, 4) is 0 Å². The van der Waals surface area contributed by atoms with E-state index in [1.54, 1.807) is 24.3 Å². The molecule has 0 bridgehead atoms. The van der Waals surface area contributed by atoms with Gasteiger partial charge in [-0.1, -0.05) is 17.7 Å². The zero-order valence-electron chi connectivity index (χ0n) is 11.6. The fourth-order valence-corrected chi connectivity index (χ4v) is 4.20. The van der Waals surface area contributed by atoms with Gasteiger partial charge in [0, 0.05) is 23.9 Å². The minimum atomic E-state index is -3.47. The van der Waals surface area contributed by atoms with Crippen LogP contribution >= 0.6 is 0 Å². The summed E-state index contributed by atoms with van der Waals surface area (Å²) in [7, 11) is -3.47. The minimum absolute atomic E-state index is 0.0491. The highest BCUT2D eigenvalue weighted by Crippen LogP contribution is 2.25. The maximum absolute atomic E-state index is 12.6. The van der Waals surface area contributed by atoms with Crippen molar-refractivity contribution in [2.24, 2.45) is 5.29 Å². The molecule has 110 valence electrons. The van der Waals surface area contributed by atoms with E-state index in [9.17, 15) is 13.3 Å². The third kappa shape index (κ3) is 2.99. The Hall–Kier alpha value is -1.47. The fraction of sp³-hybridized carbons (Fsp3) is 0.538. The highest BCUT2D eigenvalue weighted by Gasteiger charge is 2.34. The lowest BCUT2D eigenvalue weighted by Gasteiger charge is -2.35. The van der Waals surface area contributed by atoms with Crippen LogP contribution in [0, 0.1) is 11.8 Å². The molecule has 7 heteroatoms. The van der Waals surface area contributed by atoms with Gasteiger partial charge >= 0.3 is 0 Å². The summed E-state index contributed by atoms with van der Waals surface area (Å²) in [4.78, 5) is 10.5. The molecule has 0 saturated carbocycles. The van der Waals surface area contributed by atoms with Gasteiger partial charge in [0.1, 0.15) is 0 Å². The van der Waals surface area contributed by atoms with Gasteiger partial charge in [-0.3, -0.25) is 5.43 Å². The van der Waals surface area contributed by atoms with E-state index in [2.05, 4.69) is 10.7 Å². The van der Waals surface area contributed by atoms with E-state index in [4.69, 9.17) is 0 Å². The normalized spacial score (nSPS) is 24.3. The van der Waals surface area contributed by atoms with Gasteiger partial charge in [-0.2, -0.15) is 4.31 Å². The zero-order valence-corrected chi connectivity index (χ0v) is 12.4. The summed E-state index contributed by atoms with van der Waals surface area (Å²) in [6.07, 6.45) is 1.16. The first kappa shape index (κ1) is 14.9. The fourth-order valence-electron chi connectivity index (χ4n) is 2.55. The van der Waals surface area contributed by atoms with E-state index >= 15 is 0 Å². The Bertz CT molecular complexity index is 571. The molecule has 0 aromatic heterocycles. The van der Waals surface area contributed by atoms with Crippen LogP contribution in [-0.2, 0) is 10.0 Å². The Labute approximate surface area is 119 Å². The molecule has 2 unspecified atom stereocenters. The van der Waals surface area contributed by atoms with Gasteiger partial charge in [-0.05, 0) is 38.8 Å². The van der Waals surface area contributed by atoms with Gasteiger partial charge in [0.2, 0.25) is 10.0 Å². The van der Waals surface area contributed by atoms with E-state index in [-0.39, 0.29) is 12.1 Å². The lowest BCUT2D eigenvalue weighted by molar-refractivity contribution is 0.226. The molecule has 2 atom stereocenters.